The van der Waals surface area contributed by atoms with Gasteiger partial charge < -0.3 is 14.5 Å². The van der Waals surface area contributed by atoms with Crippen LogP contribution in [0.4, 0.5) is 0 Å². The predicted molar refractivity (Wildman–Crippen MR) is 141 cm³/mol. The molecule has 0 unspecified atom stereocenters. The van der Waals surface area contributed by atoms with E-state index in [0.717, 1.165) is 53.7 Å². The van der Waals surface area contributed by atoms with E-state index in [-0.39, 0.29) is 5.91 Å². The molecule has 5 heterocycles. The van der Waals surface area contributed by atoms with E-state index in [9.17, 15) is 4.79 Å². The minimum absolute atomic E-state index is 0.234. The summed E-state index contributed by atoms with van der Waals surface area (Å²) < 4.78 is 1.96. The molecule has 5 aromatic rings. The van der Waals surface area contributed by atoms with E-state index in [0.29, 0.717) is 24.8 Å². The lowest BCUT2D eigenvalue weighted by molar-refractivity contribution is -0.132. The molecule has 1 fully saturated rings. The van der Waals surface area contributed by atoms with Crippen LogP contribution in [0.25, 0.3) is 33.2 Å². The van der Waals surface area contributed by atoms with Crippen LogP contribution in [-0.4, -0.2) is 53.6 Å². The number of imidazole rings is 1. The number of hydrogen-bond donors (Lipinski definition) is 2. The normalized spacial score (nSPS) is 14.9. The Bertz CT molecular complexity index is 1500. The minimum atomic E-state index is 0.234. The Morgan fingerprint density at radius 3 is 2.78 bits per heavy atom. The van der Waals surface area contributed by atoms with Gasteiger partial charge in [0.15, 0.2) is 5.65 Å². The van der Waals surface area contributed by atoms with Crippen LogP contribution in [-0.2, 0) is 11.3 Å². The van der Waals surface area contributed by atoms with Crippen molar-refractivity contribution in [2.45, 2.75) is 51.5 Å². The van der Waals surface area contributed by atoms with E-state index < -0.39 is 0 Å². The number of benzene rings is 1. The fraction of sp³-hybridized carbons (Fsp3) is 0.357. The van der Waals surface area contributed by atoms with Crippen LogP contribution in [0.5, 0.6) is 0 Å². The first-order valence-electron chi connectivity index (χ1n) is 12.8. The second kappa shape index (κ2) is 9.26. The van der Waals surface area contributed by atoms with Crippen molar-refractivity contribution >= 4 is 27.8 Å². The zero-order chi connectivity index (χ0) is 24.6. The number of fused-ring (bicyclic) bond motifs is 2. The van der Waals surface area contributed by atoms with Crippen molar-refractivity contribution in [3.63, 3.8) is 0 Å². The van der Waals surface area contributed by atoms with Crippen LogP contribution < -0.4 is 0 Å². The van der Waals surface area contributed by atoms with Crippen LogP contribution in [0.3, 0.4) is 0 Å². The smallest absolute Gasteiger partial charge is 0.224 e. The molecule has 0 radical (unpaired) electrons. The molecule has 0 atom stereocenters. The van der Waals surface area contributed by atoms with E-state index in [1.165, 1.54) is 16.5 Å². The number of amides is 1. The Kier molecular flexibility index (Phi) is 5.79. The predicted octanol–water partition coefficient (Wildman–Crippen LogP) is 5.22. The molecular formula is C28H31N7O. The Hall–Kier alpha value is -3.94. The lowest BCUT2D eigenvalue weighted by atomic mass is 9.87. The van der Waals surface area contributed by atoms with Crippen molar-refractivity contribution in [3.8, 4) is 11.3 Å². The molecule has 2 N–H and O–H groups in total. The third-order valence-corrected chi connectivity index (χ3v) is 7.53. The topological polar surface area (TPSA) is 95.5 Å². The van der Waals surface area contributed by atoms with Gasteiger partial charge in [-0.05, 0) is 54.0 Å². The second-order valence-corrected chi connectivity index (χ2v) is 10.1. The average molecular weight is 482 g/mol. The number of carbonyl (C=O) groups excluding carboxylic acids is 1. The molecule has 8 heteroatoms. The van der Waals surface area contributed by atoms with Crippen molar-refractivity contribution in [2.24, 2.45) is 0 Å². The van der Waals surface area contributed by atoms with E-state index in [4.69, 9.17) is 0 Å². The van der Waals surface area contributed by atoms with Crippen molar-refractivity contribution in [1.29, 1.82) is 0 Å². The average Bonchev–Trinajstić information content (AvgIpc) is 3.66. The summed E-state index contributed by atoms with van der Waals surface area (Å²) in [6.07, 6.45) is 11.6. The van der Waals surface area contributed by atoms with Gasteiger partial charge in [-0.15, -0.1) is 0 Å². The molecule has 8 nitrogen and oxygen atoms in total. The monoisotopic (exact) mass is 481 g/mol. The molecule has 1 amide bonds. The zero-order valence-corrected chi connectivity index (χ0v) is 20.7. The summed E-state index contributed by atoms with van der Waals surface area (Å²) in [5, 5.41) is 9.49. The number of H-pyrrole nitrogens is 2. The highest BCUT2D eigenvalue weighted by Crippen LogP contribution is 2.39. The lowest BCUT2D eigenvalue weighted by Crippen LogP contribution is -2.38. The largest absolute Gasteiger partial charge is 0.354 e. The number of aromatic amines is 2. The summed E-state index contributed by atoms with van der Waals surface area (Å²) in [6.45, 7) is 6.82. The van der Waals surface area contributed by atoms with Crippen molar-refractivity contribution in [2.75, 3.05) is 13.1 Å². The third kappa shape index (κ3) is 4.06. The molecule has 6 rings (SSSR count). The van der Waals surface area contributed by atoms with Gasteiger partial charge in [0, 0.05) is 66.5 Å². The fourth-order valence-electron chi connectivity index (χ4n) is 5.63. The van der Waals surface area contributed by atoms with Crippen LogP contribution in [0.2, 0.25) is 0 Å². The van der Waals surface area contributed by atoms with Crippen LogP contribution in [0.15, 0.2) is 55.4 Å². The van der Waals surface area contributed by atoms with Crippen LogP contribution in [0, 0.1) is 0 Å². The molecule has 0 saturated carbocycles. The maximum atomic E-state index is 12.7. The Morgan fingerprint density at radius 2 is 2.00 bits per heavy atom. The number of aromatic nitrogens is 6. The number of aryl methyl sites for hydroxylation is 1. The second-order valence-electron chi connectivity index (χ2n) is 10.1. The van der Waals surface area contributed by atoms with Gasteiger partial charge in [0.25, 0.3) is 0 Å². The first kappa shape index (κ1) is 22.5. The first-order valence-corrected chi connectivity index (χ1v) is 12.8. The Labute approximate surface area is 209 Å². The van der Waals surface area contributed by atoms with Gasteiger partial charge in [0.05, 0.1) is 18.2 Å². The van der Waals surface area contributed by atoms with Gasteiger partial charge in [0.2, 0.25) is 5.91 Å². The first-order chi connectivity index (χ1) is 17.6. The van der Waals surface area contributed by atoms with Gasteiger partial charge in [-0.1, -0.05) is 19.9 Å². The lowest BCUT2D eigenvalue weighted by Gasteiger charge is -2.32. The van der Waals surface area contributed by atoms with Crippen LogP contribution >= 0.6 is 0 Å². The highest BCUT2D eigenvalue weighted by molar-refractivity contribution is 5.98. The molecule has 0 spiro atoms. The molecule has 0 aliphatic carbocycles. The molecule has 36 heavy (non-hydrogen) atoms. The van der Waals surface area contributed by atoms with Gasteiger partial charge >= 0.3 is 0 Å². The van der Waals surface area contributed by atoms with E-state index in [2.05, 4.69) is 63.3 Å². The summed E-state index contributed by atoms with van der Waals surface area (Å²) in [7, 11) is 0. The highest BCUT2D eigenvalue weighted by Gasteiger charge is 2.25. The summed E-state index contributed by atoms with van der Waals surface area (Å²) >= 11 is 0. The number of carbonyl (C=O) groups is 1. The molecule has 1 saturated heterocycles. The van der Waals surface area contributed by atoms with Crippen molar-refractivity contribution < 1.29 is 4.79 Å². The fourth-order valence-corrected chi connectivity index (χ4v) is 5.63. The van der Waals surface area contributed by atoms with E-state index >= 15 is 0 Å². The molecule has 1 aliphatic heterocycles. The van der Waals surface area contributed by atoms with Gasteiger partial charge in [0.1, 0.15) is 0 Å². The quantitative estimate of drug-likeness (QED) is 0.347. The van der Waals surface area contributed by atoms with E-state index in [1.54, 1.807) is 12.5 Å². The number of nitrogens with one attached hydrogen (secondary N) is 2. The summed E-state index contributed by atoms with van der Waals surface area (Å²) in [4.78, 5) is 26.9. The number of rotatable bonds is 6. The van der Waals surface area contributed by atoms with Gasteiger partial charge in [-0.3, -0.25) is 9.89 Å². The number of likely N-dealkylation sites (tertiary alicyclic amines) is 1. The standard InChI is InChI=1S/C28H31N7O/c1-18(2)26-22-15-20(19-6-12-35(13-7-19)25(36)8-11-34-14-10-29-17-34)3-4-24(22)32-27(26)21-5-9-30-28-23(21)16-31-33-28/h3-5,9-10,14-19,32H,6-8,11-13H2,1-2H3,(H,30,31,33). The Morgan fingerprint density at radius 1 is 1.14 bits per heavy atom. The molecule has 1 aromatic carbocycles. The maximum absolute atomic E-state index is 12.7. The molecular weight excluding hydrogens is 450 g/mol. The van der Waals surface area contributed by atoms with Gasteiger partial charge in [-0.2, -0.15) is 5.10 Å². The zero-order valence-electron chi connectivity index (χ0n) is 20.7. The number of nitrogens with zero attached hydrogens (tertiary/aromatic N) is 5. The third-order valence-electron chi connectivity index (χ3n) is 7.53. The summed E-state index contributed by atoms with van der Waals surface area (Å²) in [5.41, 5.74) is 6.91. The number of pyridine rings is 1. The molecule has 0 bridgehead atoms. The minimum Gasteiger partial charge on any atom is -0.354 e. The molecule has 1 aliphatic rings. The highest BCUT2D eigenvalue weighted by atomic mass is 16.2. The van der Waals surface area contributed by atoms with Crippen molar-refractivity contribution in [3.05, 3.63) is 66.5 Å². The van der Waals surface area contributed by atoms with E-state index in [1.807, 2.05) is 28.1 Å². The maximum Gasteiger partial charge on any atom is 0.224 e. The summed E-state index contributed by atoms with van der Waals surface area (Å²) in [6, 6.07) is 8.92. The SMILES string of the molecule is CC(C)c1c(-c2ccnc3[nH]ncc23)[nH]c2ccc(C3CCN(C(=O)CCn4ccnc4)CC3)cc12. The Balaban J connectivity index is 1.23. The van der Waals surface area contributed by atoms with Gasteiger partial charge in [-0.25, -0.2) is 9.97 Å². The molecule has 4 aromatic heterocycles. The number of hydrogen-bond acceptors (Lipinski definition) is 4. The summed E-state index contributed by atoms with van der Waals surface area (Å²) in [5.74, 6) is 1.05. The number of piperidine rings is 1. The molecule has 184 valence electrons. The van der Waals surface area contributed by atoms with Crippen molar-refractivity contribution in [1.82, 2.24) is 34.6 Å². The van der Waals surface area contributed by atoms with Crippen LogP contribution in [0.1, 0.15) is 56.1 Å².